The lowest BCUT2D eigenvalue weighted by molar-refractivity contribution is 0.297. The van der Waals surface area contributed by atoms with E-state index in [1.54, 1.807) is 13.3 Å². The van der Waals surface area contributed by atoms with Gasteiger partial charge in [0.2, 0.25) is 0 Å². The predicted molar refractivity (Wildman–Crippen MR) is 106 cm³/mol. The Hall–Kier alpha value is -2.27. The van der Waals surface area contributed by atoms with Crippen molar-refractivity contribution in [2.45, 2.75) is 50.7 Å². The van der Waals surface area contributed by atoms with Crippen LogP contribution in [-0.4, -0.2) is 25.1 Å². The van der Waals surface area contributed by atoms with E-state index in [1.807, 2.05) is 12.1 Å². The number of guanidine groups is 1. The lowest BCUT2D eigenvalue weighted by atomic mass is 9.94. The van der Waals surface area contributed by atoms with Gasteiger partial charge in [0.1, 0.15) is 5.76 Å². The first-order valence-electron chi connectivity index (χ1n) is 9.50. The topological polar surface area (TPSA) is 61.6 Å². The molecule has 1 aromatic carbocycles. The van der Waals surface area contributed by atoms with Gasteiger partial charge in [-0.05, 0) is 37.5 Å². The summed E-state index contributed by atoms with van der Waals surface area (Å²) in [5, 5.41) is 10.7. The molecule has 0 aliphatic heterocycles. The summed E-state index contributed by atoms with van der Waals surface area (Å²) in [6, 6.07) is 14.8. The van der Waals surface area contributed by atoms with E-state index in [0.29, 0.717) is 12.6 Å². The molecule has 0 radical (unpaired) electrons. The molecule has 0 saturated heterocycles. The van der Waals surface area contributed by atoms with E-state index in [-0.39, 0.29) is 5.54 Å². The van der Waals surface area contributed by atoms with Gasteiger partial charge in [0, 0.05) is 25.2 Å². The van der Waals surface area contributed by atoms with E-state index in [4.69, 9.17) is 4.42 Å². The molecule has 26 heavy (non-hydrogen) atoms. The highest BCUT2D eigenvalue weighted by Gasteiger charge is 2.35. The van der Waals surface area contributed by atoms with Crippen LogP contribution >= 0.6 is 0 Å². The second-order valence-corrected chi connectivity index (χ2v) is 7.12. The first kappa shape index (κ1) is 18.5. The zero-order chi connectivity index (χ0) is 18.2. The van der Waals surface area contributed by atoms with Gasteiger partial charge in [-0.25, -0.2) is 0 Å². The van der Waals surface area contributed by atoms with E-state index in [9.17, 15) is 0 Å². The Bertz CT molecular complexity index is 675. The van der Waals surface area contributed by atoms with Crippen molar-refractivity contribution in [2.75, 3.05) is 13.6 Å². The Labute approximate surface area is 156 Å². The first-order valence-corrected chi connectivity index (χ1v) is 9.50. The Morgan fingerprint density at radius 2 is 1.88 bits per heavy atom. The summed E-state index contributed by atoms with van der Waals surface area (Å²) >= 11 is 0. The molecule has 1 saturated carbocycles. The number of benzene rings is 1. The third kappa shape index (κ3) is 4.88. The minimum absolute atomic E-state index is 0.109. The van der Waals surface area contributed by atoms with Gasteiger partial charge >= 0.3 is 0 Å². The van der Waals surface area contributed by atoms with Crippen molar-refractivity contribution in [2.24, 2.45) is 4.99 Å². The van der Waals surface area contributed by atoms with Crippen LogP contribution < -0.4 is 16.0 Å². The highest BCUT2D eigenvalue weighted by atomic mass is 16.3. The average Bonchev–Trinajstić information content (AvgIpc) is 3.35. The molecule has 0 bridgehead atoms. The lowest BCUT2D eigenvalue weighted by Crippen LogP contribution is -2.54. The second kappa shape index (κ2) is 8.90. The van der Waals surface area contributed by atoms with E-state index >= 15 is 0 Å². The fraction of sp³-hybridized carbons (Fsp3) is 0.476. The van der Waals surface area contributed by atoms with Crippen LogP contribution in [0.15, 0.2) is 58.1 Å². The Balaban J connectivity index is 1.57. The van der Waals surface area contributed by atoms with Crippen LogP contribution in [0.3, 0.4) is 0 Å². The molecule has 2 aromatic rings. The average molecular weight is 354 g/mol. The number of nitrogens with zero attached hydrogens (tertiary/aromatic N) is 1. The van der Waals surface area contributed by atoms with Crippen LogP contribution in [0.4, 0.5) is 0 Å². The molecule has 140 valence electrons. The fourth-order valence-corrected chi connectivity index (χ4v) is 3.77. The highest BCUT2D eigenvalue weighted by Crippen LogP contribution is 2.31. The van der Waals surface area contributed by atoms with Gasteiger partial charge in [-0.3, -0.25) is 4.99 Å². The molecular weight excluding hydrogens is 324 g/mol. The summed E-state index contributed by atoms with van der Waals surface area (Å²) in [4.78, 5) is 4.34. The molecule has 3 rings (SSSR count). The molecule has 0 spiro atoms. The Morgan fingerprint density at radius 3 is 2.54 bits per heavy atom. The minimum atomic E-state index is 0.109. The quantitative estimate of drug-likeness (QED) is 0.525. The van der Waals surface area contributed by atoms with Crippen molar-refractivity contribution in [1.82, 2.24) is 16.0 Å². The molecule has 1 atom stereocenters. The maximum atomic E-state index is 5.37. The van der Waals surface area contributed by atoms with Crippen molar-refractivity contribution < 1.29 is 4.42 Å². The lowest BCUT2D eigenvalue weighted by Gasteiger charge is -2.34. The van der Waals surface area contributed by atoms with Crippen LogP contribution in [0.25, 0.3) is 0 Å². The third-order valence-corrected chi connectivity index (χ3v) is 5.21. The van der Waals surface area contributed by atoms with Crippen molar-refractivity contribution in [3.63, 3.8) is 0 Å². The second-order valence-electron chi connectivity index (χ2n) is 7.12. The summed E-state index contributed by atoms with van der Waals surface area (Å²) in [6.45, 7) is 3.74. The largest absolute Gasteiger partial charge is 0.467 e. The molecule has 5 nitrogen and oxygen atoms in total. The highest BCUT2D eigenvalue weighted by molar-refractivity contribution is 5.79. The van der Waals surface area contributed by atoms with Crippen molar-refractivity contribution >= 4 is 5.96 Å². The maximum absolute atomic E-state index is 5.37. The van der Waals surface area contributed by atoms with Crippen molar-refractivity contribution in [3.8, 4) is 0 Å². The third-order valence-electron chi connectivity index (χ3n) is 5.21. The van der Waals surface area contributed by atoms with Gasteiger partial charge in [-0.15, -0.1) is 0 Å². The van der Waals surface area contributed by atoms with Gasteiger partial charge < -0.3 is 20.4 Å². The van der Waals surface area contributed by atoms with Crippen molar-refractivity contribution in [1.29, 1.82) is 0 Å². The standard InChI is InChI=1S/C21H30N4O/c1-17(18-9-4-3-5-10-18)25-21(12-6-7-13-21)16-24-20(22-2)23-15-19-11-8-14-26-19/h3-5,8-11,14,17,25H,6-7,12-13,15-16H2,1-2H3,(H2,22,23,24). The smallest absolute Gasteiger partial charge is 0.191 e. The maximum Gasteiger partial charge on any atom is 0.191 e. The molecule has 0 amide bonds. The molecule has 3 N–H and O–H groups in total. The zero-order valence-corrected chi connectivity index (χ0v) is 15.8. The Morgan fingerprint density at radius 1 is 1.12 bits per heavy atom. The summed E-state index contributed by atoms with van der Waals surface area (Å²) in [7, 11) is 1.80. The van der Waals surface area contributed by atoms with Gasteiger partial charge in [0.15, 0.2) is 5.96 Å². The molecule has 5 heteroatoms. The first-order chi connectivity index (χ1) is 12.7. The summed E-state index contributed by atoms with van der Waals surface area (Å²) in [5.74, 6) is 1.71. The molecular formula is C21H30N4O. The van der Waals surface area contributed by atoms with Gasteiger partial charge in [0.25, 0.3) is 0 Å². The van der Waals surface area contributed by atoms with Crippen LogP contribution in [0.1, 0.15) is 50.0 Å². The van der Waals surface area contributed by atoms with Crippen LogP contribution in [0, 0.1) is 0 Å². The molecule has 1 heterocycles. The van der Waals surface area contributed by atoms with E-state index in [2.05, 4.69) is 58.2 Å². The zero-order valence-electron chi connectivity index (χ0n) is 15.8. The summed E-state index contributed by atoms with van der Waals surface area (Å²) in [5.41, 5.74) is 1.44. The molecule has 1 aliphatic rings. The number of rotatable bonds is 7. The number of hydrogen-bond donors (Lipinski definition) is 3. The fourth-order valence-electron chi connectivity index (χ4n) is 3.77. The number of nitrogens with one attached hydrogen (secondary N) is 3. The van der Waals surface area contributed by atoms with Crippen molar-refractivity contribution in [3.05, 3.63) is 60.1 Å². The Kier molecular flexibility index (Phi) is 6.34. The van der Waals surface area contributed by atoms with Gasteiger partial charge in [-0.2, -0.15) is 0 Å². The normalized spacial score (nSPS) is 17.8. The van der Waals surface area contributed by atoms with Crippen LogP contribution in [0.5, 0.6) is 0 Å². The minimum Gasteiger partial charge on any atom is -0.467 e. The van der Waals surface area contributed by atoms with E-state index in [1.165, 1.54) is 31.2 Å². The van der Waals surface area contributed by atoms with E-state index in [0.717, 1.165) is 18.3 Å². The predicted octanol–water partition coefficient (Wildman–Crippen LogP) is 3.61. The van der Waals surface area contributed by atoms with E-state index < -0.39 is 0 Å². The number of hydrogen-bond acceptors (Lipinski definition) is 3. The molecule has 1 fully saturated rings. The molecule has 1 unspecified atom stereocenters. The SMILES string of the molecule is CN=C(NCc1ccco1)NCC1(NC(C)c2ccccc2)CCCC1. The van der Waals surface area contributed by atoms with Gasteiger partial charge in [-0.1, -0.05) is 43.2 Å². The monoisotopic (exact) mass is 354 g/mol. The summed E-state index contributed by atoms with van der Waals surface area (Å²) in [6.07, 6.45) is 6.61. The summed E-state index contributed by atoms with van der Waals surface area (Å²) < 4.78 is 5.37. The van der Waals surface area contributed by atoms with Gasteiger partial charge in [0.05, 0.1) is 12.8 Å². The molecule has 1 aromatic heterocycles. The number of furan rings is 1. The molecule has 1 aliphatic carbocycles. The van der Waals surface area contributed by atoms with Crippen LogP contribution in [-0.2, 0) is 6.54 Å². The number of aliphatic imine (C=N–C) groups is 1. The van der Waals surface area contributed by atoms with Crippen LogP contribution in [0.2, 0.25) is 0 Å².